The Morgan fingerprint density at radius 1 is 1.27 bits per heavy atom. The van der Waals surface area contributed by atoms with Crippen molar-refractivity contribution >= 4 is 6.09 Å². The van der Waals surface area contributed by atoms with Gasteiger partial charge in [0.15, 0.2) is 0 Å². The van der Waals surface area contributed by atoms with Gasteiger partial charge in [0.25, 0.3) is 0 Å². The number of carbonyl (C=O) groups excluding carboxylic acids is 1. The van der Waals surface area contributed by atoms with Gasteiger partial charge in [0.1, 0.15) is 11.4 Å². The molecule has 0 radical (unpaired) electrons. The van der Waals surface area contributed by atoms with Crippen molar-refractivity contribution in [3.63, 3.8) is 0 Å². The van der Waals surface area contributed by atoms with E-state index >= 15 is 0 Å². The van der Waals surface area contributed by atoms with Crippen LogP contribution in [0.2, 0.25) is 0 Å². The van der Waals surface area contributed by atoms with Crippen LogP contribution in [0.3, 0.4) is 0 Å². The molecule has 1 aromatic carbocycles. The first kappa shape index (κ1) is 18.3. The van der Waals surface area contributed by atoms with E-state index in [2.05, 4.69) is 10.6 Å². The van der Waals surface area contributed by atoms with Crippen LogP contribution < -0.4 is 10.6 Å². The minimum absolute atomic E-state index is 0.0129. The van der Waals surface area contributed by atoms with Gasteiger partial charge >= 0.3 is 6.09 Å². The minimum Gasteiger partial charge on any atom is -0.508 e. The van der Waals surface area contributed by atoms with Gasteiger partial charge in [-0.25, -0.2) is 4.79 Å². The summed E-state index contributed by atoms with van der Waals surface area (Å²) in [4.78, 5) is 11.6. The molecule has 5 nitrogen and oxygen atoms in total. The molecular formula is C17H28N2O3. The van der Waals surface area contributed by atoms with Gasteiger partial charge in [-0.05, 0) is 53.7 Å². The predicted molar refractivity (Wildman–Crippen MR) is 88.0 cm³/mol. The Morgan fingerprint density at radius 2 is 1.91 bits per heavy atom. The zero-order valence-corrected chi connectivity index (χ0v) is 14.1. The van der Waals surface area contributed by atoms with Gasteiger partial charge in [-0.3, -0.25) is 0 Å². The molecule has 1 rings (SSSR count). The van der Waals surface area contributed by atoms with Crippen molar-refractivity contribution in [3.8, 4) is 5.75 Å². The standard InChI is InChI=1S/C17H28N2O3/c1-12(19-16(21)22-17(3,4)5)10-11-18-13(2)14-8-6-7-9-15(14)20/h6-9,12-13,18,20H,10-11H2,1-5H3,(H,19,21). The highest BCUT2D eigenvalue weighted by atomic mass is 16.6. The Labute approximate surface area is 133 Å². The molecule has 0 aliphatic rings. The summed E-state index contributed by atoms with van der Waals surface area (Å²) in [6, 6.07) is 7.35. The van der Waals surface area contributed by atoms with Crippen molar-refractivity contribution in [1.29, 1.82) is 0 Å². The number of phenols is 1. The van der Waals surface area contributed by atoms with Crippen LogP contribution in [0.5, 0.6) is 5.75 Å². The van der Waals surface area contributed by atoms with Crippen molar-refractivity contribution in [2.24, 2.45) is 0 Å². The molecule has 0 fully saturated rings. The van der Waals surface area contributed by atoms with Crippen LogP contribution in [0.1, 0.15) is 52.6 Å². The summed E-state index contributed by atoms with van der Waals surface area (Å²) < 4.78 is 5.22. The van der Waals surface area contributed by atoms with Gasteiger partial charge in [-0.2, -0.15) is 0 Å². The van der Waals surface area contributed by atoms with Crippen LogP contribution in [0.25, 0.3) is 0 Å². The molecule has 124 valence electrons. The van der Waals surface area contributed by atoms with Gasteiger partial charge in [-0.1, -0.05) is 18.2 Å². The predicted octanol–water partition coefficient (Wildman–Crippen LogP) is 3.35. The molecule has 0 spiro atoms. The van der Waals surface area contributed by atoms with E-state index in [-0.39, 0.29) is 12.1 Å². The molecule has 0 heterocycles. The maximum atomic E-state index is 11.6. The first-order valence-corrected chi connectivity index (χ1v) is 7.70. The van der Waals surface area contributed by atoms with Crippen LogP contribution in [0, 0.1) is 0 Å². The molecular weight excluding hydrogens is 280 g/mol. The first-order valence-electron chi connectivity index (χ1n) is 7.70. The number of benzene rings is 1. The van der Waals surface area contributed by atoms with Gasteiger partial charge in [0.2, 0.25) is 0 Å². The Bertz CT molecular complexity index is 483. The molecule has 1 amide bonds. The molecule has 5 heteroatoms. The Kier molecular flexibility index (Phi) is 6.68. The van der Waals surface area contributed by atoms with E-state index in [4.69, 9.17) is 4.74 Å². The Morgan fingerprint density at radius 3 is 2.50 bits per heavy atom. The second-order valence-electron chi connectivity index (χ2n) is 6.57. The zero-order chi connectivity index (χ0) is 16.8. The van der Waals surface area contributed by atoms with Crippen molar-refractivity contribution in [2.45, 2.75) is 58.7 Å². The highest BCUT2D eigenvalue weighted by Crippen LogP contribution is 2.22. The Balaban J connectivity index is 2.32. The minimum atomic E-state index is -0.485. The van der Waals surface area contributed by atoms with E-state index < -0.39 is 11.7 Å². The lowest BCUT2D eigenvalue weighted by molar-refractivity contribution is 0.0506. The number of para-hydroxylation sites is 1. The lowest BCUT2D eigenvalue weighted by Crippen LogP contribution is -2.39. The fraction of sp³-hybridized carbons (Fsp3) is 0.588. The number of ether oxygens (including phenoxy) is 1. The van der Waals surface area contributed by atoms with Gasteiger partial charge in [0, 0.05) is 17.6 Å². The molecule has 3 N–H and O–H groups in total. The smallest absolute Gasteiger partial charge is 0.407 e. The number of aromatic hydroxyl groups is 1. The summed E-state index contributed by atoms with van der Waals surface area (Å²) >= 11 is 0. The van der Waals surface area contributed by atoms with E-state index in [9.17, 15) is 9.90 Å². The van der Waals surface area contributed by atoms with Crippen LogP contribution in [-0.4, -0.2) is 29.4 Å². The van der Waals surface area contributed by atoms with Gasteiger partial charge in [0.05, 0.1) is 0 Å². The summed E-state index contributed by atoms with van der Waals surface area (Å²) in [5.74, 6) is 0.294. The van der Waals surface area contributed by atoms with Crippen molar-refractivity contribution in [1.82, 2.24) is 10.6 Å². The lowest BCUT2D eigenvalue weighted by Gasteiger charge is -2.22. The quantitative estimate of drug-likeness (QED) is 0.754. The van der Waals surface area contributed by atoms with E-state index in [0.717, 1.165) is 18.5 Å². The summed E-state index contributed by atoms with van der Waals surface area (Å²) in [5, 5.41) is 16.0. The highest BCUT2D eigenvalue weighted by Gasteiger charge is 2.17. The van der Waals surface area contributed by atoms with Crippen LogP contribution >= 0.6 is 0 Å². The fourth-order valence-electron chi connectivity index (χ4n) is 2.06. The molecule has 2 atom stereocenters. The highest BCUT2D eigenvalue weighted by molar-refractivity contribution is 5.67. The number of carbonyl (C=O) groups is 1. The lowest BCUT2D eigenvalue weighted by atomic mass is 10.1. The maximum Gasteiger partial charge on any atom is 0.407 e. The molecule has 0 aliphatic carbocycles. The third-order valence-electron chi connectivity index (χ3n) is 3.19. The van der Waals surface area contributed by atoms with Crippen LogP contribution in [0.4, 0.5) is 4.79 Å². The number of amides is 1. The summed E-state index contributed by atoms with van der Waals surface area (Å²) in [6.07, 6.45) is 0.380. The number of phenolic OH excluding ortho intramolecular Hbond substituents is 1. The van der Waals surface area contributed by atoms with Crippen molar-refractivity contribution in [3.05, 3.63) is 29.8 Å². The van der Waals surface area contributed by atoms with Crippen molar-refractivity contribution < 1.29 is 14.6 Å². The molecule has 2 unspecified atom stereocenters. The van der Waals surface area contributed by atoms with E-state index in [1.807, 2.05) is 46.8 Å². The monoisotopic (exact) mass is 308 g/mol. The number of nitrogens with one attached hydrogen (secondary N) is 2. The number of hydrogen-bond acceptors (Lipinski definition) is 4. The SMILES string of the molecule is CC(CCNC(C)c1ccccc1O)NC(=O)OC(C)(C)C. The first-order chi connectivity index (χ1) is 10.2. The van der Waals surface area contributed by atoms with E-state index in [0.29, 0.717) is 5.75 Å². The zero-order valence-electron chi connectivity index (χ0n) is 14.1. The second kappa shape index (κ2) is 8.03. The summed E-state index contributed by atoms with van der Waals surface area (Å²) in [7, 11) is 0. The second-order valence-corrected chi connectivity index (χ2v) is 6.57. The fourth-order valence-corrected chi connectivity index (χ4v) is 2.06. The molecule has 0 bridgehead atoms. The van der Waals surface area contributed by atoms with Gasteiger partial charge in [-0.15, -0.1) is 0 Å². The summed E-state index contributed by atoms with van der Waals surface area (Å²) in [5.41, 5.74) is 0.386. The van der Waals surface area contributed by atoms with Gasteiger partial charge < -0.3 is 20.5 Å². The topological polar surface area (TPSA) is 70.6 Å². The van der Waals surface area contributed by atoms with E-state index in [1.165, 1.54) is 0 Å². The molecule has 0 saturated heterocycles. The Hall–Kier alpha value is -1.75. The molecule has 22 heavy (non-hydrogen) atoms. The summed E-state index contributed by atoms with van der Waals surface area (Å²) in [6.45, 7) is 10.2. The largest absolute Gasteiger partial charge is 0.508 e. The number of alkyl carbamates (subject to hydrolysis) is 1. The molecule has 0 aromatic heterocycles. The average molecular weight is 308 g/mol. The number of hydrogen-bond donors (Lipinski definition) is 3. The van der Waals surface area contributed by atoms with Crippen molar-refractivity contribution in [2.75, 3.05) is 6.54 Å². The van der Waals surface area contributed by atoms with Crippen LogP contribution in [-0.2, 0) is 4.74 Å². The normalized spacial score (nSPS) is 14.2. The maximum absolute atomic E-state index is 11.6. The molecule has 0 aliphatic heterocycles. The number of rotatable bonds is 6. The molecule has 0 saturated carbocycles. The third kappa shape index (κ3) is 6.80. The van der Waals surface area contributed by atoms with E-state index in [1.54, 1.807) is 12.1 Å². The molecule has 1 aromatic rings. The van der Waals surface area contributed by atoms with Crippen LogP contribution in [0.15, 0.2) is 24.3 Å². The third-order valence-corrected chi connectivity index (χ3v) is 3.19. The average Bonchev–Trinajstić information content (AvgIpc) is 2.36.